The number of benzene rings is 2. The highest BCUT2D eigenvalue weighted by Crippen LogP contribution is 2.34. The Morgan fingerprint density at radius 2 is 1.83 bits per heavy atom. The van der Waals surface area contributed by atoms with Crippen LogP contribution in [-0.2, 0) is 6.42 Å². The highest BCUT2D eigenvalue weighted by molar-refractivity contribution is 5.59. The molecule has 0 bridgehead atoms. The Balaban J connectivity index is 1.29. The largest absolute Gasteiger partial charge is 0.490 e. The molecule has 4 rings (SSSR count). The summed E-state index contributed by atoms with van der Waals surface area (Å²) in [7, 11) is 1.48. The number of nitro benzene ring substituents is 1. The molecule has 0 amide bonds. The van der Waals surface area contributed by atoms with Crippen LogP contribution >= 0.6 is 0 Å². The molecule has 2 aliphatic heterocycles. The molecular weight excluding hydrogens is 366 g/mol. The van der Waals surface area contributed by atoms with Crippen molar-refractivity contribution in [3.63, 3.8) is 0 Å². The first-order valence-electron chi connectivity index (χ1n) is 10.5. The zero-order valence-corrected chi connectivity index (χ0v) is 17.0. The van der Waals surface area contributed by atoms with Gasteiger partial charge in [-0.25, -0.2) is 0 Å². The molecule has 1 atom stereocenters. The Labute approximate surface area is 172 Å². The lowest BCUT2D eigenvalue weighted by molar-refractivity contribution is -0.385. The van der Waals surface area contributed by atoms with Gasteiger partial charge in [0.2, 0.25) is 0 Å². The van der Waals surface area contributed by atoms with Crippen LogP contribution in [0.3, 0.4) is 0 Å². The maximum atomic E-state index is 11.1. The quantitative estimate of drug-likeness (QED) is 0.521. The van der Waals surface area contributed by atoms with Crippen LogP contribution < -0.4 is 9.64 Å². The van der Waals surface area contributed by atoms with E-state index in [2.05, 4.69) is 40.1 Å². The number of piperidine rings is 1. The summed E-state index contributed by atoms with van der Waals surface area (Å²) < 4.78 is 5.22. The fourth-order valence-electron chi connectivity index (χ4n) is 4.57. The molecule has 1 unspecified atom stereocenters. The van der Waals surface area contributed by atoms with E-state index in [-0.39, 0.29) is 5.69 Å². The first kappa shape index (κ1) is 19.7. The zero-order chi connectivity index (χ0) is 20.2. The maximum Gasteiger partial charge on any atom is 0.311 e. The van der Waals surface area contributed by atoms with E-state index in [0.717, 1.165) is 44.0 Å². The molecule has 6 heteroatoms. The second-order valence-corrected chi connectivity index (χ2v) is 8.17. The van der Waals surface area contributed by atoms with Crippen molar-refractivity contribution in [1.82, 2.24) is 4.90 Å². The van der Waals surface area contributed by atoms with E-state index < -0.39 is 4.92 Å². The van der Waals surface area contributed by atoms with Crippen molar-refractivity contribution in [2.75, 3.05) is 38.2 Å². The second-order valence-electron chi connectivity index (χ2n) is 8.17. The van der Waals surface area contributed by atoms with Gasteiger partial charge < -0.3 is 9.64 Å². The van der Waals surface area contributed by atoms with Gasteiger partial charge in [0, 0.05) is 43.5 Å². The number of nitro groups is 1. The Morgan fingerprint density at radius 1 is 1.07 bits per heavy atom. The van der Waals surface area contributed by atoms with Crippen LogP contribution in [0.25, 0.3) is 0 Å². The lowest BCUT2D eigenvalue weighted by Crippen LogP contribution is -2.51. The van der Waals surface area contributed by atoms with Crippen molar-refractivity contribution in [3.8, 4) is 5.75 Å². The third kappa shape index (κ3) is 4.53. The zero-order valence-electron chi connectivity index (χ0n) is 17.0. The molecule has 0 N–H and O–H groups in total. The van der Waals surface area contributed by atoms with Crippen LogP contribution in [0, 0.1) is 16.0 Å². The standard InChI is InChI=1S/C23H29N3O3/c1-29-23-16-20(7-8-22(23)26(27)28)24-12-9-19(10-13-24)17-25-14-11-21(25)15-18-5-3-2-4-6-18/h2-8,16,19,21H,9-15,17H2,1H3. The van der Waals surface area contributed by atoms with E-state index in [1.807, 2.05) is 6.07 Å². The Kier molecular flexibility index (Phi) is 6.00. The van der Waals surface area contributed by atoms with E-state index >= 15 is 0 Å². The molecule has 0 aromatic heterocycles. The normalized spacial score (nSPS) is 20.3. The Hall–Kier alpha value is -2.60. The molecule has 0 spiro atoms. The molecule has 2 aromatic rings. The van der Waals surface area contributed by atoms with Crippen LogP contribution in [0.4, 0.5) is 11.4 Å². The van der Waals surface area contributed by atoms with Crippen molar-refractivity contribution in [2.45, 2.75) is 31.7 Å². The summed E-state index contributed by atoms with van der Waals surface area (Å²) in [6, 6.07) is 16.7. The summed E-state index contributed by atoms with van der Waals surface area (Å²) in [6.45, 7) is 4.39. The molecule has 2 aliphatic rings. The molecule has 2 saturated heterocycles. The topological polar surface area (TPSA) is 58.8 Å². The number of nitrogens with zero attached hydrogens (tertiary/aromatic N) is 3. The first-order valence-corrected chi connectivity index (χ1v) is 10.5. The fraction of sp³-hybridized carbons (Fsp3) is 0.478. The van der Waals surface area contributed by atoms with Gasteiger partial charge in [-0.3, -0.25) is 15.0 Å². The van der Waals surface area contributed by atoms with Gasteiger partial charge in [-0.2, -0.15) is 0 Å². The average Bonchev–Trinajstić information content (AvgIpc) is 2.75. The van der Waals surface area contributed by atoms with Gasteiger partial charge in [0.05, 0.1) is 12.0 Å². The van der Waals surface area contributed by atoms with E-state index in [9.17, 15) is 10.1 Å². The molecule has 6 nitrogen and oxygen atoms in total. The molecule has 0 radical (unpaired) electrons. The van der Waals surface area contributed by atoms with Crippen LogP contribution in [0.15, 0.2) is 48.5 Å². The molecular formula is C23H29N3O3. The summed E-state index contributed by atoms with van der Waals surface area (Å²) in [5.74, 6) is 1.06. The Morgan fingerprint density at radius 3 is 2.45 bits per heavy atom. The average molecular weight is 396 g/mol. The third-order valence-corrected chi connectivity index (χ3v) is 6.41. The minimum absolute atomic E-state index is 0.0216. The van der Waals surface area contributed by atoms with Crippen LogP contribution in [0.1, 0.15) is 24.8 Å². The van der Waals surface area contributed by atoms with E-state index in [1.165, 1.54) is 32.2 Å². The number of hydrogen-bond donors (Lipinski definition) is 0. The number of methoxy groups -OCH3 is 1. The van der Waals surface area contributed by atoms with Gasteiger partial charge in [-0.05, 0) is 49.8 Å². The van der Waals surface area contributed by atoms with Crippen molar-refractivity contribution < 1.29 is 9.66 Å². The summed E-state index contributed by atoms with van der Waals surface area (Å²) in [5.41, 5.74) is 2.47. The lowest BCUT2D eigenvalue weighted by atomic mass is 9.90. The molecule has 29 heavy (non-hydrogen) atoms. The molecule has 2 fully saturated rings. The fourth-order valence-corrected chi connectivity index (χ4v) is 4.57. The minimum atomic E-state index is -0.395. The highest BCUT2D eigenvalue weighted by Gasteiger charge is 2.31. The first-order chi connectivity index (χ1) is 14.1. The molecule has 2 heterocycles. The SMILES string of the molecule is COc1cc(N2CCC(CN3CCC3Cc3ccccc3)CC2)ccc1[N+](=O)[O-]. The minimum Gasteiger partial charge on any atom is -0.490 e. The van der Waals surface area contributed by atoms with Crippen molar-refractivity contribution in [3.05, 3.63) is 64.2 Å². The third-order valence-electron chi connectivity index (χ3n) is 6.41. The van der Waals surface area contributed by atoms with Gasteiger partial charge in [0.25, 0.3) is 0 Å². The Bertz CT molecular complexity index is 835. The number of hydrogen-bond acceptors (Lipinski definition) is 5. The highest BCUT2D eigenvalue weighted by atomic mass is 16.6. The predicted molar refractivity (Wildman–Crippen MR) is 115 cm³/mol. The van der Waals surface area contributed by atoms with Crippen LogP contribution in [-0.4, -0.2) is 49.2 Å². The van der Waals surface area contributed by atoms with Crippen molar-refractivity contribution in [1.29, 1.82) is 0 Å². The van der Waals surface area contributed by atoms with E-state index in [0.29, 0.717) is 11.8 Å². The van der Waals surface area contributed by atoms with Gasteiger partial charge in [-0.1, -0.05) is 30.3 Å². The summed E-state index contributed by atoms with van der Waals surface area (Å²) in [5, 5.41) is 11.1. The number of ether oxygens (including phenoxy) is 1. The number of rotatable bonds is 7. The van der Waals surface area contributed by atoms with Gasteiger partial charge >= 0.3 is 5.69 Å². The van der Waals surface area contributed by atoms with Gasteiger partial charge in [-0.15, -0.1) is 0 Å². The monoisotopic (exact) mass is 395 g/mol. The summed E-state index contributed by atoms with van der Waals surface area (Å²) >= 11 is 0. The summed E-state index contributed by atoms with van der Waals surface area (Å²) in [4.78, 5) is 15.7. The predicted octanol–water partition coefficient (Wildman–Crippen LogP) is 4.14. The van der Waals surface area contributed by atoms with Crippen LogP contribution in [0.2, 0.25) is 0 Å². The second kappa shape index (κ2) is 8.82. The van der Waals surface area contributed by atoms with Crippen LogP contribution in [0.5, 0.6) is 5.75 Å². The number of anilines is 1. The van der Waals surface area contributed by atoms with E-state index in [1.54, 1.807) is 12.1 Å². The smallest absolute Gasteiger partial charge is 0.311 e. The molecule has 0 aliphatic carbocycles. The molecule has 2 aromatic carbocycles. The number of likely N-dealkylation sites (tertiary alicyclic amines) is 1. The van der Waals surface area contributed by atoms with Gasteiger partial charge in [0.1, 0.15) is 0 Å². The van der Waals surface area contributed by atoms with Crippen molar-refractivity contribution in [2.24, 2.45) is 5.92 Å². The molecule has 154 valence electrons. The van der Waals surface area contributed by atoms with Crippen molar-refractivity contribution >= 4 is 11.4 Å². The maximum absolute atomic E-state index is 11.1. The summed E-state index contributed by atoms with van der Waals surface area (Å²) in [6.07, 6.45) is 4.78. The lowest BCUT2D eigenvalue weighted by Gasteiger charge is -2.44. The molecule has 0 saturated carbocycles. The van der Waals surface area contributed by atoms with Gasteiger partial charge in [0.15, 0.2) is 5.75 Å². The van der Waals surface area contributed by atoms with E-state index in [4.69, 9.17) is 4.74 Å².